The minimum Gasteiger partial charge on any atom is -0.480 e. The topological polar surface area (TPSA) is 75.6 Å². The van der Waals surface area contributed by atoms with Crippen molar-refractivity contribution in [3.05, 3.63) is 21.3 Å². The van der Waals surface area contributed by atoms with Crippen molar-refractivity contribution in [1.29, 1.82) is 0 Å². The van der Waals surface area contributed by atoms with Crippen LogP contribution in [0.3, 0.4) is 0 Å². The van der Waals surface area contributed by atoms with Gasteiger partial charge in [0.05, 0.1) is 10.3 Å². The Morgan fingerprint density at radius 3 is 2.68 bits per heavy atom. The zero-order valence-electron chi connectivity index (χ0n) is 10.7. The van der Waals surface area contributed by atoms with Gasteiger partial charge in [-0.1, -0.05) is 11.6 Å². The number of carbonyl (C=O) groups is 2. The molecular formula is C12H16ClNO4S. The van der Waals surface area contributed by atoms with E-state index in [0.717, 1.165) is 4.88 Å². The summed E-state index contributed by atoms with van der Waals surface area (Å²) in [7, 11) is 1.48. The van der Waals surface area contributed by atoms with E-state index >= 15 is 0 Å². The normalized spacial score (nSPS) is 13.8. The summed E-state index contributed by atoms with van der Waals surface area (Å²) < 4.78 is 5.42. The van der Waals surface area contributed by atoms with Crippen molar-refractivity contribution >= 4 is 34.8 Å². The molecule has 106 valence electrons. The Labute approximate surface area is 120 Å². The van der Waals surface area contributed by atoms with Gasteiger partial charge in [-0.05, 0) is 19.1 Å². The lowest BCUT2D eigenvalue weighted by molar-refractivity contribution is -0.142. The molecule has 0 fully saturated rings. The number of nitrogens with one attached hydrogen (secondary N) is 1. The summed E-state index contributed by atoms with van der Waals surface area (Å²) in [5.74, 6) is -1.83. The van der Waals surface area contributed by atoms with Gasteiger partial charge in [-0.3, -0.25) is 4.79 Å². The summed E-state index contributed by atoms with van der Waals surface area (Å²) in [4.78, 5) is 23.8. The van der Waals surface area contributed by atoms with Crippen LogP contribution < -0.4 is 5.32 Å². The first-order valence-electron chi connectivity index (χ1n) is 5.73. The van der Waals surface area contributed by atoms with Gasteiger partial charge in [-0.25, -0.2) is 4.79 Å². The predicted molar refractivity (Wildman–Crippen MR) is 73.8 cm³/mol. The molecule has 0 saturated heterocycles. The number of aliphatic carboxylic acids is 1. The Morgan fingerprint density at radius 2 is 2.21 bits per heavy atom. The molecule has 1 amide bonds. The van der Waals surface area contributed by atoms with Crippen molar-refractivity contribution in [3.8, 4) is 0 Å². The fraction of sp³-hybridized carbons (Fsp3) is 0.500. The highest BCUT2D eigenvalue weighted by Gasteiger charge is 2.24. The van der Waals surface area contributed by atoms with Crippen molar-refractivity contribution < 1.29 is 19.4 Å². The number of rotatable bonds is 7. The highest BCUT2D eigenvalue weighted by Crippen LogP contribution is 2.28. The van der Waals surface area contributed by atoms with Crippen LogP contribution in [-0.2, 0) is 14.3 Å². The molecule has 1 rings (SSSR count). The van der Waals surface area contributed by atoms with Gasteiger partial charge in [0, 0.05) is 25.0 Å². The van der Waals surface area contributed by atoms with E-state index in [1.54, 1.807) is 19.1 Å². The van der Waals surface area contributed by atoms with E-state index in [-0.39, 0.29) is 18.9 Å². The number of hydrogen-bond acceptors (Lipinski definition) is 4. The molecule has 5 nitrogen and oxygen atoms in total. The number of ether oxygens (including phenoxy) is 1. The van der Waals surface area contributed by atoms with Gasteiger partial charge in [0.15, 0.2) is 0 Å². The highest BCUT2D eigenvalue weighted by molar-refractivity contribution is 7.16. The maximum absolute atomic E-state index is 12.0. The fourth-order valence-electron chi connectivity index (χ4n) is 1.48. The molecule has 1 heterocycles. The molecule has 1 aromatic rings. The fourth-order valence-corrected chi connectivity index (χ4v) is 2.59. The molecule has 0 saturated carbocycles. The zero-order chi connectivity index (χ0) is 14.4. The number of hydrogen-bond donors (Lipinski definition) is 2. The third-order valence-electron chi connectivity index (χ3n) is 2.64. The van der Waals surface area contributed by atoms with Gasteiger partial charge in [-0.15, -0.1) is 11.3 Å². The van der Waals surface area contributed by atoms with Crippen LogP contribution >= 0.6 is 22.9 Å². The Balaban J connectivity index is 2.63. The number of thiophene rings is 1. The summed E-state index contributed by atoms with van der Waals surface area (Å²) in [6, 6.07) is 2.54. The predicted octanol–water partition coefficient (Wildman–Crippen LogP) is 2.11. The van der Waals surface area contributed by atoms with E-state index in [1.165, 1.54) is 18.4 Å². The SMILES string of the molecule is COCCC(NC(=O)C(C)c1ccc(Cl)s1)C(=O)O. The van der Waals surface area contributed by atoms with Crippen LogP contribution in [0, 0.1) is 0 Å². The summed E-state index contributed by atoms with van der Waals surface area (Å²) in [5, 5.41) is 11.5. The Bertz CT molecular complexity index is 449. The second kappa shape index (κ2) is 7.47. The summed E-state index contributed by atoms with van der Waals surface area (Å²) >= 11 is 7.12. The van der Waals surface area contributed by atoms with Crippen molar-refractivity contribution in [3.63, 3.8) is 0 Å². The van der Waals surface area contributed by atoms with Crippen LogP contribution in [0.2, 0.25) is 4.34 Å². The zero-order valence-corrected chi connectivity index (χ0v) is 12.3. The molecule has 19 heavy (non-hydrogen) atoms. The van der Waals surface area contributed by atoms with E-state index in [2.05, 4.69) is 5.32 Å². The Morgan fingerprint density at radius 1 is 1.53 bits per heavy atom. The van der Waals surface area contributed by atoms with Crippen molar-refractivity contribution in [2.75, 3.05) is 13.7 Å². The lowest BCUT2D eigenvalue weighted by atomic mass is 10.1. The van der Waals surface area contributed by atoms with E-state index in [4.69, 9.17) is 21.4 Å². The third-order valence-corrected chi connectivity index (χ3v) is 4.05. The minimum absolute atomic E-state index is 0.232. The number of amides is 1. The quantitative estimate of drug-likeness (QED) is 0.809. The van der Waals surface area contributed by atoms with Crippen LogP contribution in [0.25, 0.3) is 0 Å². The van der Waals surface area contributed by atoms with Crippen molar-refractivity contribution in [2.45, 2.75) is 25.3 Å². The smallest absolute Gasteiger partial charge is 0.326 e. The molecule has 2 atom stereocenters. The average molecular weight is 306 g/mol. The van der Waals surface area contributed by atoms with E-state index in [1.807, 2.05) is 0 Å². The molecule has 0 aromatic carbocycles. The Kier molecular flexibility index (Phi) is 6.27. The van der Waals surface area contributed by atoms with E-state index in [0.29, 0.717) is 4.34 Å². The lowest BCUT2D eigenvalue weighted by Crippen LogP contribution is -2.43. The maximum atomic E-state index is 12.0. The van der Waals surface area contributed by atoms with Gasteiger partial charge in [0.2, 0.25) is 5.91 Å². The van der Waals surface area contributed by atoms with Gasteiger partial charge in [0.1, 0.15) is 6.04 Å². The van der Waals surface area contributed by atoms with E-state index in [9.17, 15) is 9.59 Å². The second-order valence-corrected chi connectivity index (χ2v) is 5.79. The molecule has 0 aliphatic carbocycles. The van der Waals surface area contributed by atoms with Crippen LogP contribution in [0.4, 0.5) is 0 Å². The average Bonchev–Trinajstić information content (AvgIpc) is 2.79. The summed E-state index contributed by atoms with van der Waals surface area (Å²) in [6.45, 7) is 1.99. The standard InChI is InChI=1S/C12H16ClNO4S/c1-7(9-3-4-10(13)19-9)11(15)14-8(12(16)17)5-6-18-2/h3-4,7-8H,5-6H2,1-2H3,(H,14,15)(H,16,17). The highest BCUT2D eigenvalue weighted by atomic mass is 35.5. The molecule has 0 bridgehead atoms. The first-order chi connectivity index (χ1) is 8.95. The van der Waals surface area contributed by atoms with Crippen LogP contribution in [-0.4, -0.2) is 36.7 Å². The van der Waals surface area contributed by atoms with E-state index < -0.39 is 17.9 Å². The van der Waals surface area contributed by atoms with Crippen molar-refractivity contribution in [1.82, 2.24) is 5.32 Å². The van der Waals surface area contributed by atoms with Gasteiger partial charge in [-0.2, -0.15) is 0 Å². The molecule has 7 heteroatoms. The molecule has 2 unspecified atom stereocenters. The number of methoxy groups -OCH3 is 1. The van der Waals surface area contributed by atoms with Crippen LogP contribution in [0.15, 0.2) is 12.1 Å². The molecule has 1 aromatic heterocycles. The van der Waals surface area contributed by atoms with Crippen molar-refractivity contribution in [2.24, 2.45) is 0 Å². The summed E-state index contributed by atoms with van der Waals surface area (Å²) in [5.41, 5.74) is 0. The van der Waals surface area contributed by atoms with Crippen LogP contribution in [0.1, 0.15) is 24.1 Å². The number of carboxylic acids is 1. The first-order valence-corrected chi connectivity index (χ1v) is 6.92. The number of carbonyl (C=O) groups excluding carboxylic acids is 1. The molecule has 0 aliphatic rings. The summed E-state index contributed by atoms with van der Waals surface area (Å²) in [6.07, 6.45) is 0.232. The maximum Gasteiger partial charge on any atom is 0.326 e. The van der Waals surface area contributed by atoms with Gasteiger partial charge >= 0.3 is 5.97 Å². The molecule has 0 spiro atoms. The first kappa shape index (κ1) is 15.9. The third kappa shape index (κ3) is 4.81. The minimum atomic E-state index is -1.07. The molecule has 2 N–H and O–H groups in total. The van der Waals surface area contributed by atoms with Gasteiger partial charge in [0.25, 0.3) is 0 Å². The second-order valence-electron chi connectivity index (χ2n) is 4.04. The van der Waals surface area contributed by atoms with Crippen LogP contribution in [0.5, 0.6) is 0 Å². The molecule has 0 radical (unpaired) electrons. The Hall–Kier alpha value is -1.11. The number of carboxylic acid groups (broad SMARTS) is 1. The van der Waals surface area contributed by atoms with Gasteiger partial charge < -0.3 is 15.2 Å². The largest absolute Gasteiger partial charge is 0.480 e. The monoisotopic (exact) mass is 305 g/mol. The molecular weight excluding hydrogens is 290 g/mol. The lowest BCUT2D eigenvalue weighted by Gasteiger charge is -2.16. The number of halogens is 1. The molecule has 0 aliphatic heterocycles.